The van der Waals surface area contributed by atoms with E-state index in [1.165, 1.54) is 12.4 Å². The number of aromatic nitrogens is 2. The van der Waals surface area contributed by atoms with Gasteiger partial charge in [0, 0.05) is 25.2 Å². The van der Waals surface area contributed by atoms with E-state index in [1.807, 2.05) is 0 Å². The number of carbonyl (C=O) groups is 1. The fourth-order valence-corrected chi connectivity index (χ4v) is 2.87. The van der Waals surface area contributed by atoms with E-state index in [9.17, 15) is 23.1 Å². The summed E-state index contributed by atoms with van der Waals surface area (Å²) in [7, 11) is 0. The summed E-state index contributed by atoms with van der Waals surface area (Å²) in [4.78, 5) is 21.4. The summed E-state index contributed by atoms with van der Waals surface area (Å²) in [5.74, 6) is -1.18. The zero-order valence-electron chi connectivity index (χ0n) is 17.1. The van der Waals surface area contributed by atoms with Crippen molar-refractivity contribution in [3.8, 4) is 5.75 Å². The highest BCUT2D eigenvalue weighted by Crippen LogP contribution is 2.36. The largest absolute Gasteiger partial charge is 0.507 e. The van der Waals surface area contributed by atoms with E-state index < -0.39 is 17.5 Å². The summed E-state index contributed by atoms with van der Waals surface area (Å²) in [6.07, 6.45) is -0.0894. The van der Waals surface area contributed by atoms with Crippen LogP contribution in [0.2, 0.25) is 0 Å². The Hall–Kier alpha value is -3.89. The Morgan fingerprint density at radius 2 is 2.00 bits per heavy atom. The molecule has 0 unspecified atom stereocenters. The van der Waals surface area contributed by atoms with E-state index >= 15 is 0 Å². The zero-order valence-corrected chi connectivity index (χ0v) is 17.1. The van der Waals surface area contributed by atoms with Crippen molar-refractivity contribution < 1.29 is 23.1 Å². The number of nitrogen functional groups attached to an aromatic ring is 1. The maximum Gasteiger partial charge on any atom is 0.419 e. The molecular weight excluding hydrogens is 425 g/mol. The number of amides is 1. The molecular formula is C21H23F3N6O2. The number of alkyl halides is 3. The van der Waals surface area contributed by atoms with Gasteiger partial charge >= 0.3 is 6.18 Å². The average Bonchev–Trinajstić information content (AvgIpc) is 2.74. The van der Waals surface area contributed by atoms with Gasteiger partial charge in [0.05, 0.1) is 16.8 Å². The standard InChI is InChI=1S/C21H23F3N6O2/c1-3-5-9-30(16(32)4-2)10-8-27-20-17(19(26)28-12-29-20)18(25)13-6-7-14(15(31)11-13)21(22,23)24/h3-4,6-7,11-12,25,31H,1-2,5,8-10H2,(H3,26,27,28,29). The van der Waals surface area contributed by atoms with Gasteiger partial charge in [0.15, 0.2) is 0 Å². The van der Waals surface area contributed by atoms with E-state index in [0.29, 0.717) is 19.0 Å². The van der Waals surface area contributed by atoms with Crippen LogP contribution in [0.15, 0.2) is 49.8 Å². The number of rotatable bonds is 10. The molecule has 0 radical (unpaired) electrons. The zero-order chi connectivity index (χ0) is 23.9. The molecule has 0 saturated heterocycles. The fraction of sp³-hybridized carbons (Fsp3) is 0.238. The average molecular weight is 448 g/mol. The van der Waals surface area contributed by atoms with Crippen LogP contribution in [0.1, 0.15) is 23.1 Å². The molecule has 0 bridgehead atoms. The lowest BCUT2D eigenvalue weighted by Gasteiger charge is -2.21. The third-order valence-corrected chi connectivity index (χ3v) is 4.48. The second kappa shape index (κ2) is 10.4. The maximum absolute atomic E-state index is 12.9. The van der Waals surface area contributed by atoms with E-state index in [4.69, 9.17) is 11.1 Å². The molecule has 2 rings (SSSR count). The number of anilines is 2. The van der Waals surface area contributed by atoms with Crippen molar-refractivity contribution in [3.63, 3.8) is 0 Å². The number of nitrogens with two attached hydrogens (primary N) is 1. The van der Waals surface area contributed by atoms with Crippen LogP contribution in [-0.4, -0.2) is 51.2 Å². The summed E-state index contributed by atoms with van der Waals surface area (Å²) in [6.45, 7) is 8.07. The first-order valence-electron chi connectivity index (χ1n) is 9.46. The predicted molar refractivity (Wildman–Crippen MR) is 116 cm³/mol. The lowest BCUT2D eigenvalue weighted by atomic mass is 10.0. The highest BCUT2D eigenvalue weighted by molar-refractivity contribution is 6.16. The van der Waals surface area contributed by atoms with E-state index in [2.05, 4.69) is 28.4 Å². The topological polar surface area (TPSA) is 128 Å². The van der Waals surface area contributed by atoms with Gasteiger partial charge in [-0.1, -0.05) is 18.7 Å². The molecule has 1 heterocycles. The van der Waals surface area contributed by atoms with Gasteiger partial charge in [-0.15, -0.1) is 6.58 Å². The number of carbonyl (C=O) groups excluding carboxylic acids is 1. The number of halogens is 3. The Kier molecular flexibility index (Phi) is 7.94. The van der Waals surface area contributed by atoms with E-state index in [0.717, 1.165) is 12.1 Å². The second-order valence-corrected chi connectivity index (χ2v) is 6.62. The van der Waals surface area contributed by atoms with E-state index in [1.54, 1.807) is 11.0 Å². The van der Waals surface area contributed by atoms with Crippen LogP contribution < -0.4 is 11.1 Å². The van der Waals surface area contributed by atoms with Gasteiger partial charge < -0.3 is 21.1 Å². The summed E-state index contributed by atoms with van der Waals surface area (Å²) in [6, 6.07) is 2.58. The number of nitrogens with zero attached hydrogens (tertiary/aromatic N) is 3. The predicted octanol–water partition coefficient (Wildman–Crippen LogP) is 3.20. The van der Waals surface area contributed by atoms with Crippen molar-refractivity contribution in [2.45, 2.75) is 12.6 Å². The second-order valence-electron chi connectivity index (χ2n) is 6.62. The molecule has 5 N–H and O–H groups in total. The number of hydrogen-bond acceptors (Lipinski definition) is 7. The molecule has 1 aromatic carbocycles. The maximum atomic E-state index is 12.9. The molecule has 2 aromatic rings. The van der Waals surface area contributed by atoms with Crippen LogP contribution in [0.4, 0.5) is 24.8 Å². The molecule has 0 aliphatic heterocycles. The lowest BCUT2D eigenvalue weighted by molar-refractivity contribution is -0.138. The van der Waals surface area contributed by atoms with Crippen LogP contribution in [0.25, 0.3) is 0 Å². The molecule has 0 aliphatic carbocycles. The quantitative estimate of drug-likeness (QED) is 0.251. The monoisotopic (exact) mass is 448 g/mol. The third-order valence-electron chi connectivity index (χ3n) is 4.48. The number of hydrogen-bond donors (Lipinski definition) is 4. The minimum absolute atomic E-state index is 0.00510. The van der Waals surface area contributed by atoms with Gasteiger partial charge in [-0.3, -0.25) is 10.2 Å². The fourth-order valence-electron chi connectivity index (χ4n) is 2.87. The van der Waals surface area contributed by atoms with Crippen molar-refractivity contribution in [2.24, 2.45) is 0 Å². The van der Waals surface area contributed by atoms with Gasteiger partial charge in [0.2, 0.25) is 5.91 Å². The highest BCUT2D eigenvalue weighted by Gasteiger charge is 2.34. The molecule has 0 atom stereocenters. The Balaban J connectivity index is 2.25. The van der Waals surface area contributed by atoms with Crippen molar-refractivity contribution in [2.75, 3.05) is 30.7 Å². The summed E-state index contributed by atoms with van der Waals surface area (Å²) in [5, 5.41) is 21.1. The number of phenols is 1. The van der Waals surface area contributed by atoms with Gasteiger partial charge in [0.1, 0.15) is 23.7 Å². The smallest absolute Gasteiger partial charge is 0.419 e. The summed E-state index contributed by atoms with van der Waals surface area (Å²) < 4.78 is 38.7. The molecule has 0 fully saturated rings. The van der Waals surface area contributed by atoms with Crippen LogP contribution in [-0.2, 0) is 11.0 Å². The number of nitrogens with one attached hydrogen (secondary N) is 2. The van der Waals surface area contributed by atoms with Crippen LogP contribution in [0, 0.1) is 5.41 Å². The molecule has 1 aromatic heterocycles. The molecule has 170 valence electrons. The Morgan fingerprint density at radius 3 is 2.59 bits per heavy atom. The number of benzene rings is 1. The third kappa shape index (κ3) is 5.84. The molecule has 32 heavy (non-hydrogen) atoms. The number of aromatic hydroxyl groups is 1. The number of phenolic OH excluding ortho intramolecular Hbond substituents is 1. The summed E-state index contributed by atoms with van der Waals surface area (Å²) in [5.41, 5.74) is 4.46. The van der Waals surface area contributed by atoms with E-state index in [-0.39, 0.29) is 47.5 Å². The van der Waals surface area contributed by atoms with Crippen LogP contribution >= 0.6 is 0 Å². The van der Waals surface area contributed by atoms with Gasteiger partial charge in [-0.25, -0.2) is 9.97 Å². The van der Waals surface area contributed by atoms with Gasteiger partial charge in [0.25, 0.3) is 0 Å². The van der Waals surface area contributed by atoms with Gasteiger partial charge in [-0.2, -0.15) is 13.2 Å². The van der Waals surface area contributed by atoms with Crippen molar-refractivity contribution >= 4 is 23.3 Å². The van der Waals surface area contributed by atoms with Crippen LogP contribution in [0.3, 0.4) is 0 Å². The minimum Gasteiger partial charge on any atom is -0.507 e. The van der Waals surface area contributed by atoms with Crippen molar-refractivity contribution in [3.05, 3.63) is 66.5 Å². The normalized spacial score (nSPS) is 11.0. The SMILES string of the molecule is C=CCCN(CCNc1ncnc(N)c1C(=N)c1ccc(C(F)(F)F)c(O)c1)C(=O)C=C. The molecule has 0 aliphatic rings. The van der Waals surface area contributed by atoms with Crippen molar-refractivity contribution in [1.29, 1.82) is 5.41 Å². The molecule has 0 saturated carbocycles. The first-order chi connectivity index (χ1) is 15.1. The lowest BCUT2D eigenvalue weighted by Crippen LogP contribution is -2.34. The molecule has 0 spiro atoms. The van der Waals surface area contributed by atoms with Gasteiger partial charge in [-0.05, 0) is 24.6 Å². The molecule has 11 heteroatoms. The first kappa shape index (κ1) is 24.4. The first-order valence-corrected chi connectivity index (χ1v) is 9.46. The Morgan fingerprint density at radius 1 is 1.28 bits per heavy atom. The highest BCUT2D eigenvalue weighted by atomic mass is 19.4. The van der Waals surface area contributed by atoms with Crippen LogP contribution in [0.5, 0.6) is 5.75 Å². The molecule has 8 nitrogen and oxygen atoms in total. The Labute approximate surface area is 182 Å². The minimum atomic E-state index is -4.73. The summed E-state index contributed by atoms with van der Waals surface area (Å²) >= 11 is 0. The Bertz CT molecular complexity index is 1020. The molecule has 1 amide bonds. The van der Waals surface area contributed by atoms with Crippen molar-refractivity contribution in [1.82, 2.24) is 14.9 Å².